The average molecular weight is 393 g/mol. The number of anilines is 1. The van der Waals surface area contributed by atoms with E-state index in [0.717, 1.165) is 16.8 Å². The van der Waals surface area contributed by atoms with Crippen LogP contribution < -0.4 is 10.2 Å². The molecule has 7 heteroatoms. The summed E-state index contributed by atoms with van der Waals surface area (Å²) in [5.74, 6) is -0.239. The quantitative estimate of drug-likeness (QED) is 0.844. The van der Waals surface area contributed by atoms with Gasteiger partial charge in [-0.25, -0.2) is 4.79 Å². The van der Waals surface area contributed by atoms with E-state index >= 15 is 0 Å². The number of nitrogens with zero attached hydrogens (tertiary/aromatic N) is 2. The van der Waals surface area contributed by atoms with E-state index in [9.17, 15) is 14.4 Å². The zero-order valence-corrected chi connectivity index (χ0v) is 16.2. The van der Waals surface area contributed by atoms with Crippen LogP contribution in [-0.2, 0) is 27.2 Å². The van der Waals surface area contributed by atoms with Gasteiger partial charge in [0.25, 0.3) is 0 Å². The van der Waals surface area contributed by atoms with Gasteiger partial charge in [0.2, 0.25) is 11.8 Å². The minimum Gasteiger partial charge on any atom is -0.442 e. The Kier molecular flexibility index (Phi) is 5.20. The molecule has 0 aliphatic carbocycles. The first kappa shape index (κ1) is 19.0. The van der Waals surface area contributed by atoms with Gasteiger partial charge < -0.3 is 15.0 Å². The summed E-state index contributed by atoms with van der Waals surface area (Å²) in [4.78, 5) is 39.9. The number of nitrogens with one attached hydrogen (secondary N) is 1. The summed E-state index contributed by atoms with van der Waals surface area (Å²) in [6, 6.07) is 17.1. The maximum atomic E-state index is 13.2. The van der Waals surface area contributed by atoms with Gasteiger partial charge in [-0.15, -0.1) is 0 Å². The molecule has 0 bridgehead atoms. The molecule has 0 aromatic heterocycles. The number of para-hydroxylation sites is 1. The molecule has 2 aliphatic rings. The average Bonchev–Trinajstić information content (AvgIpc) is 3.27. The molecule has 150 valence electrons. The molecule has 0 radical (unpaired) electrons. The van der Waals surface area contributed by atoms with E-state index < -0.39 is 12.2 Å². The molecule has 1 saturated heterocycles. The van der Waals surface area contributed by atoms with Crippen LogP contribution >= 0.6 is 0 Å². The second kappa shape index (κ2) is 7.95. The molecule has 2 aromatic rings. The van der Waals surface area contributed by atoms with E-state index in [0.29, 0.717) is 13.0 Å². The van der Waals surface area contributed by atoms with Crippen LogP contribution in [0.2, 0.25) is 0 Å². The van der Waals surface area contributed by atoms with Gasteiger partial charge in [-0.3, -0.25) is 14.5 Å². The van der Waals surface area contributed by atoms with Gasteiger partial charge in [-0.05, 0) is 23.6 Å². The molecule has 2 aromatic carbocycles. The monoisotopic (exact) mass is 393 g/mol. The van der Waals surface area contributed by atoms with Crippen molar-refractivity contribution in [1.29, 1.82) is 0 Å². The summed E-state index contributed by atoms with van der Waals surface area (Å²) in [7, 11) is 0. The highest BCUT2D eigenvalue weighted by Crippen LogP contribution is 2.36. The van der Waals surface area contributed by atoms with Crippen LogP contribution in [0.4, 0.5) is 10.5 Å². The molecule has 1 fully saturated rings. The molecule has 0 saturated carbocycles. The summed E-state index contributed by atoms with van der Waals surface area (Å²) in [6.45, 7) is 1.83. The molecular weight excluding hydrogens is 370 g/mol. The smallest absolute Gasteiger partial charge is 0.411 e. The number of benzene rings is 2. The first-order valence-corrected chi connectivity index (χ1v) is 9.67. The van der Waals surface area contributed by atoms with E-state index in [1.165, 1.54) is 11.8 Å². The molecule has 2 heterocycles. The number of carbonyl (C=O) groups excluding carboxylic acids is 3. The van der Waals surface area contributed by atoms with Crippen molar-refractivity contribution in [2.24, 2.45) is 0 Å². The fraction of sp³-hybridized carbons (Fsp3) is 0.318. The van der Waals surface area contributed by atoms with E-state index in [1.54, 1.807) is 4.90 Å². The van der Waals surface area contributed by atoms with Crippen molar-refractivity contribution < 1.29 is 19.1 Å². The highest BCUT2D eigenvalue weighted by molar-refractivity contribution is 5.97. The molecule has 2 atom stereocenters. The van der Waals surface area contributed by atoms with Crippen molar-refractivity contribution >= 4 is 23.6 Å². The third-order valence-electron chi connectivity index (χ3n) is 5.34. The largest absolute Gasteiger partial charge is 0.442 e. The normalized spacial score (nSPS) is 20.4. The fourth-order valence-electron chi connectivity index (χ4n) is 3.96. The van der Waals surface area contributed by atoms with Crippen LogP contribution in [0.15, 0.2) is 54.6 Å². The topological polar surface area (TPSA) is 79.0 Å². The number of carbonyl (C=O) groups is 3. The molecule has 1 N–H and O–H groups in total. The minimum absolute atomic E-state index is 0.0255. The Labute approximate surface area is 169 Å². The molecule has 29 heavy (non-hydrogen) atoms. The van der Waals surface area contributed by atoms with E-state index in [4.69, 9.17) is 4.74 Å². The van der Waals surface area contributed by atoms with Crippen molar-refractivity contribution in [3.8, 4) is 0 Å². The van der Waals surface area contributed by atoms with Gasteiger partial charge >= 0.3 is 6.09 Å². The Bertz CT molecular complexity index is 931. The van der Waals surface area contributed by atoms with Crippen LogP contribution in [0.3, 0.4) is 0 Å². The predicted molar refractivity (Wildman–Crippen MR) is 107 cm³/mol. The number of fused-ring (bicyclic) bond motifs is 1. The summed E-state index contributed by atoms with van der Waals surface area (Å²) < 4.78 is 5.59. The maximum Gasteiger partial charge on any atom is 0.411 e. The van der Waals surface area contributed by atoms with Gasteiger partial charge in [0.1, 0.15) is 6.10 Å². The number of hydrogen-bond acceptors (Lipinski definition) is 4. The zero-order valence-electron chi connectivity index (χ0n) is 16.2. The van der Waals surface area contributed by atoms with E-state index in [1.807, 2.05) is 54.6 Å². The van der Waals surface area contributed by atoms with Crippen LogP contribution in [0, 0.1) is 0 Å². The van der Waals surface area contributed by atoms with E-state index in [2.05, 4.69) is 5.32 Å². The summed E-state index contributed by atoms with van der Waals surface area (Å²) in [5, 5.41) is 2.62. The van der Waals surface area contributed by atoms with Crippen LogP contribution in [0.1, 0.15) is 18.1 Å². The van der Waals surface area contributed by atoms with Gasteiger partial charge in [-0.1, -0.05) is 48.5 Å². The maximum absolute atomic E-state index is 13.2. The Hall–Kier alpha value is -3.35. The second-order valence-corrected chi connectivity index (χ2v) is 7.36. The van der Waals surface area contributed by atoms with Gasteiger partial charge in [0.15, 0.2) is 0 Å². The lowest BCUT2D eigenvalue weighted by molar-refractivity contribution is -0.119. The SMILES string of the molecule is CC(=O)NCN1CC(C2Cc3ccccc3N2C(=O)Cc2ccccc2)OC1=O. The minimum atomic E-state index is -0.477. The lowest BCUT2D eigenvalue weighted by atomic mass is 10.0. The van der Waals surface area contributed by atoms with Gasteiger partial charge in [-0.2, -0.15) is 0 Å². The first-order chi connectivity index (χ1) is 14.0. The first-order valence-electron chi connectivity index (χ1n) is 9.67. The zero-order chi connectivity index (χ0) is 20.4. The predicted octanol–water partition coefficient (Wildman–Crippen LogP) is 2.10. The Morgan fingerprint density at radius 3 is 2.59 bits per heavy atom. The van der Waals surface area contributed by atoms with E-state index in [-0.39, 0.29) is 30.9 Å². The van der Waals surface area contributed by atoms with Crippen LogP contribution in [0.25, 0.3) is 0 Å². The summed E-state index contributed by atoms with van der Waals surface area (Å²) in [6.07, 6.45) is -0.0246. The Balaban J connectivity index is 1.55. The highest BCUT2D eigenvalue weighted by atomic mass is 16.6. The number of ether oxygens (including phenoxy) is 1. The number of hydrogen-bond donors (Lipinski definition) is 1. The molecule has 7 nitrogen and oxygen atoms in total. The molecule has 2 aliphatic heterocycles. The lowest BCUT2D eigenvalue weighted by Gasteiger charge is -2.29. The lowest BCUT2D eigenvalue weighted by Crippen LogP contribution is -2.47. The highest BCUT2D eigenvalue weighted by Gasteiger charge is 2.44. The molecule has 4 rings (SSSR count). The molecule has 2 unspecified atom stereocenters. The number of rotatable bonds is 5. The molecule has 0 spiro atoms. The van der Waals surface area contributed by atoms with Crippen molar-refractivity contribution in [3.05, 3.63) is 65.7 Å². The second-order valence-electron chi connectivity index (χ2n) is 7.36. The van der Waals surface area contributed by atoms with Crippen molar-refractivity contribution in [2.75, 3.05) is 18.1 Å². The molecule has 3 amide bonds. The van der Waals surface area contributed by atoms with Crippen molar-refractivity contribution in [3.63, 3.8) is 0 Å². The third kappa shape index (κ3) is 3.94. The van der Waals surface area contributed by atoms with Gasteiger partial charge in [0.05, 0.1) is 25.7 Å². The standard InChI is InChI=1S/C22H23N3O4/c1-15(26)23-14-24-13-20(29-22(24)28)19-12-17-9-5-6-10-18(17)25(19)21(27)11-16-7-3-2-4-8-16/h2-10,19-20H,11-14H2,1H3,(H,23,26). The Morgan fingerprint density at radius 1 is 1.10 bits per heavy atom. The summed E-state index contributed by atoms with van der Waals surface area (Å²) in [5.41, 5.74) is 2.88. The summed E-state index contributed by atoms with van der Waals surface area (Å²) >= 11 is 0. The van der Waals surface area contributed by atoms with Crippen LogP contribution in [-0.4, -0.2) is 48.2 Å². The fourth-order valence-corrected chi connectivity index (χ4v) is 3.96. The third-order valence-corrected chi connectivity index (χ3v) is 5.34. The number of cyclic esters (lactones) is 1. The van der Waals surface area contributed by atoms with Crippen LogP contribution in [0.5, 0.6) is 0 Å². The molecular formula is C22H23N3O4. The van der Waals surface area contributed by atoms with Gasteiger partial charge in [0, 0.05) is 12.6 Å². The number of amides is 3. The Morgan fingerprint density at radius 2 is 1.83 bits per heavy atom. The van der Waals surface area contributed by atoms with Crippen molar-refractivity contribution in [2.45, 2.75) is 31.9 Å². The van der Waals surface area contributed by atoms with Crippen molar-refractivity contribution in [1.82, 2.24) is 10.2 Å².